The minimum Gasteiger partial charge on any atom is -0.481 e. The first-order chi connectivity index (χ1) is 8.56. The van der Waals surface area contributed by atoms with Crippen molar-refractivity contribution in [1.29, 1.82) is 0 Å². The van der Waals surface area contributed by atoms with Crippen molar-refractivity contribution < 1.29 is 18.7 Å². The van der Waals surface area contributed by atoms with Gasteiger partial charge < -0.3 is 10.8 Å². The van der Waals surface area contributed by atoms with Crippen LogP contribution in [0.1, 0.15) is 24.8 Å². The third-order valence-electron chi connectivity index (χ3n) is 2.87. The van der Waals surface area contributed by atoms with Crippen LogP contribution in [0.15, 0.2) is 18.2 Å². The van der Waals surface area contributed by atoms with Gasteiger partial charge in [0.1, 0.15) is 11.6 Å². The molecular formula is C13H17F2NO2. The predicted molar refractivity (Wildman–Crippen MR) is 64.1 cm³/mol. The summed E-state index contributed by atoms with van der Waals surface area (Å²) in [5, 5.41) is 9.04. The van der Waals surface area contributed by atoms with Crippen molar-refractivity contribution >= 4 is 5.97 Å². The zero-order valence-electron chi connectivity index (χ0n) is 10.0. The molecule has 0 amide bonds. The average molecular weight is 257 g/mol. The number of benzene rings is 1. The molecule has 0 aliphatic carbocycles. The topological polar surface area (TPSA) is 63.3 Å². The minimum atomic E-state index is -1.03. The predicted octanol–water partition coefficient (Wildman–Crippen LogP) is 2.34. The molecular weight excluding hydrogens is 240 g/mol. The van der Waals surface area contributed by atoms with Gasteiger partial charge in [-0.15, -0.1) is 0 Å². The molecule has 1 unspecified atom stereocenters. The van der Waals surface area contributed by atoms with Crippen LogP contribution in [0.25, 0.3) is 0 Å². The standard InChI is InChI=1S/C13H17F2NO2/c14-11-5-3-6-12(15)10(11)8-9(13(17)18)4-1-2-7-16/h3,5-6,9H,1-2,4,7-8,16H2,(H,17,18). The van der Waals surface area contributed by atoms with E-state index in [1.807, 2.05) is 0 Å². The Morgan fingerprint density at radius 2 is 1.89 bits per heavy atom. The highest BCUT2D eigenvalue weighted by atomic mass is 19.1. The van der Waals surface area contributed by atoms with Crippen molar-refractivity contribution in [1.82, 2.24) is 0 Å². The van der Waals surface area contributed by atoms with Gasteiger partial charge in [0.05, 0.1) is 5.92 Å². The molecule has 100 valence electrons. The molecule has 3 nitrogen and oxygen atoms in total. The molecule has 18 heavy (non-hydrogen) atoms. The lowest BCUT2D eigenvalue weighted by Gasteiger charge is -2.13. The van der Waals surface area contributed by atoms with Gasteiger partial charge in [0.2, 0.25) is 0 Å². The van der Waals surface area contributed by atoms with E-state index in [9.17, 15) is 13.6 Å². The van der Waals surface area contributed by atoms with Crippen molar-refractivity contribution in [3.63, 3.8) is 0 Å². The van der Waals surface area contributed by atoms with E-state index >= 15 is 0 Å². The summed E-state index contributed by atoms with van der Waals surface area (Å²) in [5.41, 5.74) is 5.17. The Bertz CT molecular complexity index is 390. The van der Waals surface area contributed by atoms with E-state index in [1.54, 1.807) is 0 Å². The highest BCUT2D eigenvalue weighted by Gasteiger charge is 2.21. The number of halogens is 2. The quantitative estimate of drug-likeness (QED) is 0.737. The van der Waals surface area contributed by atoms with Crippen LogP contribution >= 0.6 is 0 Å². The highest BCUT2D eigenvalue weighted by molar-refractivity contribution is 5.70. The van der Waals surface area contributed by atoms with Crippen LogP contribution in [0.2, 0.25) is 0 Å². The molecule has 1 aromatic carbocycles. The molecule has 0 aromatic heterocycles. The second-order valence-electron chi connectivity index (χ2n) is 4.22. The fourth-order valence-electron chi connectivity index (χ4n) is 1.82. The SMILES string of the molecule is NCCCCC(Cc1c(F)cccc1F)C(=O)O. The molecule has 0 radical (unpaired) electrons. The third kappa shape index (κ3) is 4.07. The average Bonchev–Trinajstić information content (AvgIpc) is 2.31. The first-order valence-corrected chi connectivity index (χ1v) is 5.92. The molecule has 1 atom stereocenters. The second-order valence-corrected chi connectivity index (χ2v) is 4.22. The smallest absolute Gasteiger partial charge is 0.306 e. The largest absolute Gasteiger partial charge is 0.481 e. The molecule has 5 heteroatoms. The summed E-state index contributed by atoms with van der Waals surface area (Å²) in [4.78, 5) is 11.0. The van der Waals surface area contributed by atoms with Crippen molar-refractivity contribution in [3.8, 4) is 0 Å². The summed E-state index contributed by atoms with van der Waals surface area (Å²) < 4.78 is 26.8. The lowest BCUT2D eigenvalue weighted by molar-refractivity contribution is -0.142. The number of hydrogen-bond acceptors (Lipinski definition) is 2. The molecule has 3 N–H and O–H groups in total. The number of rotatable bonds is 7. The molecule has 0 bridgehead atoms. The van der Waals surface area contributed by atoms with Gasteiger partial charge >= 0.3 is 5.97 Å². The lowest BCUT2D eigenvalue weighted by Crippen LogP contribution is -2.18. The zero-order valence-corrected chi connectivity index (χ0v) is 10.0. The molecule has 0 saturated heterocycles. The van der Waals surface area contributed by atoms with Crippen LogP contribution in [-0.4, -0.2) is 17.6 Å². The summed E-state index contributed by atoms with van der Waals surface area (Å²) in [6.07, 6.45) is 1.60. The Balaban J connectivity index is 2.74. The van der Waals surface area contributed by atoms with Gasteiger partial charge in [-0.2, -0.15) is 0 Å². The van der Waals surface area contributed by atoms with Crippen LogP contribution in [0, 0.1) is 17.6 Å². The van der Waals surface area contributed by atoms with Crippen molar-refractivity contribution in [3.05, 3.63) is 35.4 Å². The molecule has 0 spiro atoms. The summed E-state index contributed by atoms with van der Waals surface area (Å²) in [6, 6.07) is 3.53. The summed E-state index contributed by atoms with van der Waals surface area (Å²) in [5.74, 6) is -3.20. The van der Waals surface area contributed by atoms with Gasteiger partial charge in [0.15, 0.2) is 0 Å². The van der Waals surface area contributed by atoms with Crippen LogP contribution in [0.4, 0.5) is 8.78 Å². The Hall–Kier alpha value is -1.49. The van der Waals surface area contributed by atoms with E-state index in [1.165, 1.54) is 6.07 Å². The molecule has 0 heterocycles. The molecule has 1 aromatic rings. The summed E-state index contributed by atoms with van der Waals surface area (Å²) in [7, 11) is 0. The number of hydrogen-bond donors (Lipinski definition) is 2. The maximum atomic E-state index is 13.4. The van der Waals surface area contributed by atoms with Crippen LogP contribution in [-0.2, 0) is 11.2 Å². The molecule has 0 aliphatic heterocycles. The maximum Gasteiger partial charge on any atom is 0.306 e. The number of carboxylic acids is 1. The maximum absolute atomic E-state index is 13.4. The number of unbranched alkanes of at least 4 members (excludes halogenated alkanes) is 1. The van der Waals surface area contributed by atoms with Gasteiger partial charge in [-0.1, -0.05) is 12.5 Å². The van der Waals surface area contributed by atoms with Gasteiger partial charge in [-0.25, -0.2) is 8.78 Å². The van der Waals surface area contributed by atoms with E-state index in [0.29, 0.717) is 25.8 Å². The molecule has 0 aliphatic rings. The number of nitrogens with two attached hydrogens (primary N) is 1. The Labute approximate surface area is 105 Å². The van der Waals surface area contributed by atoms with E-state index in [4.69, 9.17) is 10.8 Å². The zero-order chi connectivity index (χ0) is 13.5. The monoisotopic (exact) mass is 257 g/mol. The van der Waals surface area contributed by atoms with Crippen LogP contribution < -0.4 is 5.73 Å². The second kappa shape index (κ2) is 7.06. The normalized spacial score (nSPS) is 12.4. The van der Waals surface area contributed by atoms with E-state index in [0.717, 1.165) is 12.1 Å². The van der Waals surface area contributed by atoms with Gasteiger partial charge in [0, 0.05) is 5.56 Å². The fourth-order valence-corrected chi connectivity index (χ4v) is 1.82. The fraction of sp³-hybridized carbons (Fsp3) is 0.462. The molecule has 0 saturated carbocycles. The first kappa shape index (κ1) is 14.6. The van der Waals surface area contributed by atoms with Gasteiger partial charge in [-0.05, 0) is 37.9 Å². The Morgan fingerprint density at radius 1 is 1.28 bits per heavy atom. The van der Waals surface area contributed by atoms with E-state index < -0.39 is 23.5 Å². The Morgan fingerprint density at radius 3 is 2.39 bits per heavy atom. The van der Waals surface area contributed by atoms with E-state index in [2.05, 4.69) is 0 Å². The summed E-state index contributed by atoms with van der Waals surface area (Å²) >= 11 is 0. The summed E-state index contributed by atoms with van der Waals surface area (Å²) in [6.45, 7) is 0.487. The molecule has 1 rings (SSSR count). The van der Waals surface area contributed by atoms with Crippen molar-refractivity contribution in [2.45, 2.75) is 25.7 Å². The van der Waals surface area contributed by atoms with Crippen molar-refractivity contribution in [2.75, 3.05) is 6.54 Å². The number of carboxylic acid groups (broad SMARTS) is 1. The van der Waals surface area contributed by atoms with E-state index in [-0.39, 0.29) is 12.0 Å². The molecule has 0 fully saturated rings. The number of carbonyl (C=O) groups is 1. The number of aliphatic carboxylic acids is 1. The van der Waals surface area contributed by atoms with Crippen LogP contribution in [0.5, 0.6) is 0 Å². The lowest BCUT2D eigenvalue weighted by atomic mass is 9.93. The minimum absolute atomic E-state index is 0.127. The van der Waals surface area contributed by atoms with Gasteiger partial charge in [0.25, 0.3) is 0 Å². The third-order valence-corrected chi connectivity index (χ3v) is 2.87. The first-order valence-electron chi connectivity index (χ1n) is 5.92. The highest BCUT2D eigenvalue weighted by Crippen LogP contribution is 2.20. The van der Waals surface area contributed by atoms with Crippen molar-refractivity contribution in [2.24, 2.45) is 11.7 Å². The van der Waals surface area contributed by atoms with Crippen LogP contribution in [0.3, 0.4) is 0 Å². The van der Waals surface area contributed by atoms with Gasteiger partial charge in [-0.3, -0.25) is 4.79 Å². The Kier molecular flexibility index (Phi) is 5.71.